The molecule has 0 radical (unpaired) electrons. The normalized spacial score (nSPS) is 14.5. The van der Waals surface area contributed by atoms with Crippen LogP contribution in [0.5, 0.6) is 0 Å². The van der Waals surface area contributed by atoms with Gasteiger partial charge in [-0.05, 0) is 104 Å². The maximum Gasteiger partial charge on any atom is 0.417 e. The van der Waals surface area contributed by atoms with E-state index in [2.05, 4.69) is 10.4 Å². The van der Waals surface area contributed by atoms with Gasteiger partial charge in [-0.15, -0.1) is 0 Å². The van der Waals surface area contributed by atoms with Crippen molar-refractivity contribution in [2.75, 3.05) is 6.54 Å². The Kier molecular flexibility index (Phi) is 9.04. The molecule has 1 heterocycles. The number of amides is 1. The van der Waals surface area contributed by atoms with Gasteiger partial charge in [-0.2, -0.15) is 18.3 Å². The van der Waals surface area contributed by atoms with Gasteiger partial charge in [0.25, 0.3) is 5.91 Å². The fraction of sp³-hybridized carbons (Fsp3) is 0.394. The number of carbonyl (C=O) groups excluding carboxylic acids is 1. The van der Waals surface area contributed by atoms with Crippen LogP contribution in [0.2, 0.25) is 0 Å². The molecule has 3 aromatic carbocycles. The smallest absolute Gasteiger partial charge is 0.392 e. The van der Waals surface area contributed by atoms with Crippen LogP contribution in [0.15, 0.2) is 60.8 Å². The Morgan fingerprint density at radius 1 is 1.07 bits per heavy atom. The van der Waals surface area contributed by atoms with Crippen LogP contribution in [0.3, 0.4) is 0 Å². The second kappa shape index (κ2) is 12.1. The number of nitrogens with one attached hydrogen (secondary N) is 1. The fourth-order valence-electron chi connectivity index (χ4n) is 5.71. The molecule has 6 nitrogen and oxygen atoms in total. The molecule has 1 amide bonds. The number of aliphatic hydroxyl groups excluding tert-OH is 1. The van der Waals surface area contributed by atoms with Crippen molar-refractivity contribution < 1.29 is 32.6 Å². The van der Waals surface area contributed by atoms with Crippen molar-refractivity contribution in [1.82, 2.24) is 15.1 Å². The molecule has 1 aromatic heterocycles. The molecule has 1 unspecified atom stereocenters. The monoisotopic (exact) mass is 599 g/mol. The summed E-state index contributed by atoms with van der Waals surface area (Å²) in [4.78, 5) is 12.5. The van der Waals surface area contributed by atoms with Crippen molar-refractivity contribution in [3.8, 4) is 5.69 Å². The average molecular weight is 600 g/mol. The first kappa shape index (κ1) is 32.2. The Labute approximate surface area is 248 Å². The lowest BCUT2D eigenvalue weighted by Gasteiger charge is -2.38. The molecular formula is C33H37F4N3O3. The summed E-state index contributed by atoms with van der Waals surface area (Å²) in [6, 6.07) is 14.4. The summed E-state index contributed by atoms with van der Waals surface area (Å²) in [5.74, 6) is -0.909. The summed E-state index contributed by atoms with van der Waals surface area (Å²) in [7, 11) is 0. The number of hydrogen-bond donors (Lipinski definition) is 3. The molecule has 230 valence electrons. The summed E-state index contributed by atoms with van der Waals surface area (Å²) in [5, 5.41) is 28.4. The van der Waals surface area contributed by atoms with Crippen molar-refractivity contribution >= 4 is 16.8 Å². The van der Waals surface area contributed by atoms with Crippen molar-refractivity contribution in [3.63, 3.8) is 0 Å². The summed E-state index contributed by atoms with van der Waals surface area (Å²) in [6.45, 7) is 8.36. The van der Waals surface area contributed by atoms with Crippen LogP contribution in [0.25, 0.3) is 16.6 Å². The number of aromatic nitrogens is 2. The molecule has 0 saturated carbocycles. The van der Waals surface area contributed by atoms with Crippen LogP contribution in [0, 0.1) is 19.7 Å². The topological polar surface area (TPSA) is 87.4 Å². The highest BCUT2D eigenvalue weighted by molar-refractivity contribution is 5.95. The van der Waals surface area contributed by atoms with Crippen LogP contribution in [-0.2, 0) is 11.8 Å². The van der Waals surface area contributed by atoms with E-state index in [0.29, 0.717) is 38.8 Å². The number of alkyl halides is 3. The molecule has 0 fully saturated rings. The third-order valence-electron chi connectivity index (χ3n) is 7.83. The zero-order valence-electron chi connectivity index (χ0n) is 24.9. The maximum atomic E-state index is 14.5. The summed E-state index contributed by atoms with van der Waals surface area (Å²) in [5.41, 5.74) is -0.176. The molecule has 4 rings (SSSR count). The minimum absolute atomic E-state index is 0.0834. The highest BCUT2D eigenvalue weighted by atomic mass is 19.4. The van der Waals surface area contributed by atoms with Crippen molar-refractivity contribution in [1.29, 1.82) is 0 Å². The van der Waals surface area contributed by atoms with E-state index in [1.807, 2.05) is 13.0 Å². The first-order valence-electron chi connectivity index (χ1n) is 14.1. The van der Waals surface area contributed by atoms with Crippen LogP contribution in [0.1, 0.15) is 66.2 Å². The Morgan fingerprint density at radius 2 is 1.79 bits per heavy atom. The lowest BCUT2D eigenvalue weighted by molar-refractivity contribution is -0.269. The van der Waals surface area contributed by atoms with E-state index in [-0.39, 0.29) is 18.9 Å². The van der Waals surface area contributed by atoms with E-state index in [1.54, 1.807) is 68.9 Å². The van der Waals surface area contributed by atoms with E-state index in [9.17, 15) is 32.6 Å². The van der Waals surface area contributed by atoms with Crippen molar-refractivity contribution in [2.24, 2.45) is 0 Å². The minimum atomic E-state index is -4.92. The zero-order valence-corrected chi connectivity index (χ0v) is 24.9. The van der Waals surface area contributed by atoms with Gasteiger partial charge >= 0.3 is 6.18 Å². The number of nitrogens with zero attached hydrogens (tertiary/aromatic N) is 2. The van der Waals surface area contributed by atoms with E-state index < -0.39 is 42.0 Å². The number of halogens is 4. The number of hydrogen-bond acceptors (Lipinski definition) is 4. The molecule has 0 aliphatic heterocycles. The van der Waals surface area contributed by atoms with Crippen molar-refractivity contribution in [2.45, 2.75) is 77.2 Å². The lowest BCUT2D eigenvalue weighted by atomic mass is 9.72. The molecule has 0 saturated heterocycles. The Morgan fingerprint density at radius 3 is 2.47 bits per heavy atom. The second-order valence-electron chi connectivity index (χ2n) is 12.1. The minimum Gasteiger partial charge on any atom is -0.392 e. The van der Waals surface area contributed by atoms with Gasteiger partial charge in [0.1, 0.15) is 5.82 Å². The molecule has 0 aliphatic carbocycles. The quantitative estimate of drug-likeness (QED) is 0.182. The summed E-state index contributed by atoms with van der Waals surface area (Å²) >= 11 is 0. The molecule has 10 heteroatoms. The van der Waals surface area contributed by atoms with E-state index in [0.717, 1.165) is 5.56 Å². The molecule has 4 aromatic rings. The molecular weight excluding hydrogens is 562 g/mol. The van der Waals surface area contributed by atoms with Gasteiger partial charge in [0.2, 0.25) is 0 Å². The van der Waals surface area contributed by atoms with Gasteiger partial charge in [-0.1, -0.05) is 32.0 Å². The first-order valence-corrected chi connectivity index (χ1v) is 14.1. The zero-order chi connectivity index (χ0) is 31.7. The Balaban J connectivity index is 1.65. The Bertz CT molecular complexity index is 1630. The number of aliphatic hydroxyl groups is 2. The fourth-order valence-corrected chi connectivity index (χ4v) is 5.71. The van der Waals surface area contributed by atoms with Crippen LogP contribution in [0.4, 0.5) is 17.6 Å². The number of rotatable bonds is 10. The number of aryl methyl sites for hydroxylation is 3. The van der Waals surface area contributed by atoms with Gasteiger partial charge in [0.05, 0.1) is 23.5 Å². The molecule has 0 aliphatic rings. The largest absolute Gasteiger partial charge is 0.417 e. The third kappa shape index (κ3) is 7.08. The predicted molar refractivity (Wildman–Crippen MR) is 158 cm³/mol. The lowest BCUT2D eigenvalue weighted by Crippen LogP contribution is -2.49. The van der Waals surface area contributed by atoms with Crippen LogP contribution >= 0.6 is 0 Å². The number of benzene rings is 3. The SMILES string of the molecule is Cc1cc(CCC(O)(CC(C)(C)c2cc(F)ccc2C)C(F)(F)F)c2cnn(-c3cccc(C(=O)NC[C@@H](C)O)c3)c2c1. The summed E-state index contributed by atoms with van der Waals surface area (Å²) in [6.07, 6.45) is -5.39. The van der Waals surface area contributed by atoms with Crippen LogP contribution in [-0.4, -0.2) is 50.3 Å². The molecule has 0 bridgehead atoms. The second-order valence-corrected chi connectivity index (χ2v) is 12.1. The molecule has 0 spiro atoms. The highest BCUT2D eigenvalue weighted by Gasteiger charge is 2.55. The summed E-state index contributed by atoms with van der Waals surface area (Å²) < 4.78 is 59.0. The van der Waals surface area contributed by atoms with E-state index in [1.165, 1.54) is 18.2 Å². The predicted octanol–water partition coefficient (Wildman–Crippen LogP) is 6.49. The third-order valence-corrected chi connectivity index (χ3v) is 7.83. The van der Waals surface area contributed by atoms with Gasteiger partial charge in [-0.25, -0.2) is 9.07 Å². The Hall–Kier alpha value is -3.76. The standard InChI is InChI=1S/C33H37F4N3O3/c1-20-13-23(11-12-32(43,33(35,36)37)19-31(4,5)28-16-25(34)10-9-21(28)2)27-18-39-40(29(27)14-20)26-8-6-7-24(15-26)30(42)38-17-22(3)41/h6-10,13-16,18,22,41,43H,11-12,17,19H2,1-5H3,(H,38,42)/t22-,32?/m1/s1. The number of fused-ring (bicyclic) bond motifs is 1. The maximum absolute atomic E-state index is 14.5. The van der Waals surface area contributed by atoms with Crippen LogP contribution < -0.4 is 5.32 Å². The van der Waals surface area contributed by atoms with Gasteiger partial charge in [0.15, 0.2) is 5.60 Å². The highest BCUT2D eigenvalue weighted by Crippen LogP contribution is 2.44. The van der Waals surface area contributed by atoms with Gasteiger partial charge < -0.3 is 15.5 Å². The first-order chi connectivity index (χ1) is 20.0. The van der Waals surface area contributed by atoms with E-state index >= 15 is 0 Å². The average Bonchev–Trinajstić information content (AvgIpc) is 3.34. The molecule has 43 heavy (non-hydrogen) atoms. The number of carbonyl (C=O) groups is 1. The van der Waals surface area contributed by atoms with Gasteiger partial charge in [0, 0.05) is 17.5 Å². The molecule has 2 atom stereocenters. The van der Waals surface area contributed by atoms with E-state index in [4.69, 9.17) is 0 Å². The molecule has 3 N–H and O–H groups in total. The van der Waals surface area contributed by atoms with Gasteiger partial charge in [-0.3, -0.25) is 4.79 Å². The van der Waals surface area contributed by atoms with Crippen molar-refractivity contribution in [3.05, 3.63) is 94.4 Å².